The molecule has 0 aliphatic heterocycles. The van der Waals surface area contributed by atoms with Crippen LogP contribution in [0.15, 0.2) is 199 Å². The summed E-state index contributed by atoms with van der Waals surface area (Å²) in [6, 6.07) is 35.5. The molecule has 0 saturated carbocycles. The molecule has 4 heterocycles. The van der Waals surface area contributed by atoms with Crippen LogP contribution >= 0.6 is 0 Å². The molecule has 4 aromatic heterocycles. The van der Waals surface area contributed by atoms with Gasteiger partial charge in [-0.05, 0) is 128 Å². The second-order valence-electron chi connectivity index (χ2n) is 20.3. The molecule has 0 amide bonds. The Labute approximate surface area is 542 Å². The van der Waals surface area contributed by atoms with Gasteiger partial charge in [0.1, 0.15) is 76.8 Å². The number of ether oxygens (including phenoxy) is 3. The third-order valence-electron chi connectivity index (χ3n) is 13.7. The van der Waals surface area contributed by atoms with Gasteiger partial charge in [0, 0.05) is 70.4 Å². The fourth-order valence-electron chi connectivity index (χ4n) is 9.30. The van der Waals surface area contributed by atoms with Gasteiger partial charge >= 0.3 is 15.6 Å². The minimum absolute atomic E-state index is 0.0306. The maximum absolute atomic E-state index is 15.7. The summed E-state index contributed by atoms with van der Waals surface area (Å²) in [6.45, 7) is 2.73. The first-order chi connectivity index (χ1) is 45.8. The Morgan fingerprint density at radius 2 is 1.03 bits per heavy atom. The Bertz CT molecular complexity index is 5340. The minimum Gasteiger partial charge on any atom is -0.497 e. The van der Waals surface area contributed by atoms with Crippen molar-refractivity contribution in [2.45, 2.75) is 47.9 Å². The van der Waals surface area contributed by atoms with Gasteiger partial charge in [0.25, 0.3) is 31.2 Å². The van der Waals surface area contributed by atoms with Crippen LogP contribution in [0, 0.1) is 57.6 Å². The summed E-state index contributed by atoms with van der Waals surface area (Å²) in [5.74, 6) is -5.29. The highest BCUT2D eigenvalue weighted by atomic mass is 32.2. The summed E-state index contributed by atoms with van der Waals surface area (Å²) in [5.41, 5.74) is -6.79. The largest absolute Gasteiger partial charge is 0.522 e. The molecule has 0 bridgehead atoms. The molecule has 0 radical (unpaired) electrons. The molecule has 2 unspecified atom stereocenters. The van der Waals surface area contributed by atoms with Crippen LogP contribution in [-0.4, -0.2) is 74.1 Å². The third-order valence-corrected chi connectivity index (χ3v) is 17.3. The molecule has 0 spiro atoms. The van der Waals surface area contributed by atoms with Gasteiger partial charge in [0.05, 0.1) is 45.9 Å². The van der Waals surface area contributed by atoms with Gasteiger partial charge in [-0.25, -0.2) is 47.5 Å². The highest BCUT2D eigenvalue weighted by Crippen LogP contribution is 2.38. The normalized spacial score (nSPS) is 12.2. The van der Waals surface area contributed by atoms with Crippen LogP contribution in [0.25, 0.3) is 55.4 Å². The molecule has 97 heavy (non-hydrogen) atoms. The SMILES string of the molecule is CC(C#N)Oc1cc(-c2cc(F)cc(F)c2)c(F)cc1-n1c(=O)ccc2cc(S(=O)(=O)Nc3ccon3)ccc21.COc1ccc(CN(c2ccon2)S(=O)(=O)c2ccc3c(ccc(=O)n3-c3cc(F)c(-c4cc(F)cc(F)c4)cc3OC(C)C#N)c2)cc1.O=S(=O)(O)C(F)(F)F. The molecule has 0 fully saturated rings. The Morgan fingerprint density at radius 3 is 1.44 bits per heavy atom. The van der Waals surface area contributed by atoms with Crippen LogP contribution < -0.4 is 34.4 Å². The van der Waals surface area contributed by atoms with E-state index in [9.17, 15) is 67.7 Å². The molecule has 11 aromatic rings. The number of nitrogens with one attached hydrogen (secondary N) is 1. The van der Waals surface area contributed by atoms with E-state index in [-0.39, 0.29) is 89.5 Å². The van der Waals surface area contributed by atoms with Crippen molar-refractivity contribution in [2.24, 2.45) is 0 Å². The number of hydrogen-bond donors (Lipinski definition) is 2. The number of methoxy groups -OCH3 is 1. The van der Waals surface area contributed by atoms with Gasteiger partial charge in [-0.3, -0.25) is 28.0 Å². The first-order valence-corrected chi connectivity index (χ1v) is 31.7. The zero-order valence-corrected chi connectivity index (χ0v) is 52.0. The quantitative estimate of drug-likeness (QED) is 0.0486. The van der Waals surface area contributed by atoms with Crippen molar-refractivity contribution in [1.82, 2.24) is 19.4 Å². The number of rotatable bonds is 17. The number of alkyl halides is 3. The predicted molar refractivity (Wildman–Crippen MR) is 329 cm³/mol. The minimum atomic E-state index is -5.84. The van der Waals surface area contributed by atoms with E-state index in [0.29, 0.717) is 28.8 Å². The van der Waals surface area contributed by atoms with Crippen LogP contribution in [0.1, 0.15) is 19.4 Å². The van der Waals surface area contributed by atoms with E-state index in [4.69, 9.17) is 31.7 Å². The average molecular weight is 1400 g/mol. The number of halogens is 9. The van der Waals surface area contributed by atoms with E-state index in [1.54, 1.807) is 24.3 Å². The van der Waals surface area contributed by atoms with Crippen molar-refractivity contribution < 1.29 is 92.6 Å². The summed E-state index contributed by atoms with van der Waals surface area (Å²) in [4.78, 5) is 26.1. The summed E-state index contributed by atoms with van der Waals surface area (Å²) in [6.07, 6.45) is 0.314. The highest BCUT2D eigenvalue weighted by Gasteiger charge is 2.44. The van der Waals surface area contributed by atoms with E-state index in [1.807, 2.05) is 12.1 Å². The number of nitrogens with zero attached hydrogens (tertiary/aromatic N) is 7. The van der Waals surface area contributed by atoms with Gasteiger partial charge in [-0.1, -0.05) is 22.4 Å². The van der Waals surface area contributed by atoms with E-state index >= 15 is 8.78 Å². The molecule has 11 rings (SSSR count). The molecular weight excluding hydrogens is 1360 g/mol. The standard InChI is InChI=1S/C35H25F3N4O6S.C27H17F3N4O5S.CHF3O3S/c1-21(19-39)48-33-17-29(24-13-25(36)16-26(37)14-24)30(38)18-32(33)42-31-9-8-28(15-23(31)5-10-35(42)43)49(44,45)41(34-11-12-47-40-34)20-22-3-6-27(46-2)7-4-22;1-15(14-31)39-25-12-21(17-8-18(28)11-19(29)9-17)22(30)13-24(25)34-23-4-3-20(10-16(23)2-5-27(34)35)40(36,37)33-26-6-7-38-32-26;2-1(3,4)8(5,6)7/h3-18,21H,20H2,1-2H3;2-13,15H,1H3,(H,32,33);(H,5,6,7). The lowest BCUT2D eigenvalue weighted by Gasteiger charge is -2.22. The summed E-state index contributed by atoms with van der Waals surface area (Å²) < 4.78 is 230. The number of hydrogen-bond acceptors (Lipinski definition) is 17. The summed E-state index contributed by atoms with van der Waals surface area (Å²) in [7, 11) is -12.7. The number of fused-ring (bicyclic) bond motifs is 2. The van der Waals surface area contributed by atoms with Crippen LogP contribution in [0.5, 0.6) is 17.2 Å². The molecular formula is C63H43F9N8O14S3. The Balaban J connectivity index is 0.000000207. The lowest BCUT2D eigenvalue weighted by Crippen LogP contribution is -2.31. The molecule has 34 heteroatoms. The highest BCUT2D eigenvalue weighted by molar-refractivity contribution is 7.93. The second-order valence-corrected chi connectivity index (χ2v) is 25.2. The monoisotopic (exact) mass is 1400 g/mol. The van der Waals surface area contributed by atoms with Crippen molar-refractivity contribution in [1.29, 1.82) is 10.5 Å². The molecule has 0 aliphatic carbocycles. The molecule has 0 aliphatic rings. The maximum Gasteiger partial charge on any atom is 0.522 e. The summed E-state index contributed by atoms with van der Waals surface area (Å²) in [5, 5.41) is 26.7. The Morgan fingerprint density at radius 1 is 0.588 bits per heavy atom. The topological polar surface area (TPSA) is 309 Å². The number of anilines is 2. The molecule has 500 valence electrons. The second kappa shape index (κ2) is 28.2. The van der Waals surface area contributed by atoms with Crippen LogP contribution in [-0.2, 0) is 36.7 Å². The van der Waals surface area contributed by atoms with Gasteiger partial charge in [-0.15, -0.1) is 0 Å². The van der Waals surface area contributed by atoms with E-state index < -0.39 is 93.9 Å². The fraction of sp³-hybridized carbons (Fsp3) is 0.111. The molecule has 22 nitrogen and oxygen atoms in total. The van der Waals surface area contributed by atoms with Crippen LogP contribution in [0.2, 0.25) is 0 Å². The Hall–Kier alpha value is -11.5. The summed E-state index contributed by atoms with van der Waals surface area (Å²) >= 11 is 0. The number of sulfonamides is 2. The van der Waals surface area contributed by atoms with Gasteiger partial charge < -0.3 is 23.3 Å². The van der Waals surface area contributed by atoms with Crippen LogP contribution in [0.4, 0.5) is 51.1 Å². The van der Waals surface area contributed by atoms with E-state index in [1.165, 1.54) is 94.1 Å². The molecule has 0 saturated heterocycles. The fourth-order valence-corrected chi connectivity index (χ4v) is 11.8. The van der Waals surface area contributed by atoms with Gasteiger partial charge in [-0.2, -0.15) is 32.1 Å². The van der Waals surface area contributed by atoms with Gasteiger partial charge in [0.2, 0.25) is 0 Å². The van der Waals surface area contributed by atoms with Crippen molar-refractivity contribution in [2.75, 3.05) is 16.1 Å². The molecule has 2 atom stereocenters. The predicted octanol–water partition coefficient (Wildman–Crippen LogP) is 12.3. The number of aromatic nitrogens is 4. The molecule has 2 N–H and O–H groups in total. The average Bonchev–Trinajstić information content (AvgIpc) is 1.15. The van der Waals surface area contributed by atoms with Crippen molar-refractivity contribution in [3.8, 4) is 63.0 Å². The van der Waals surface area contributed by atoms with Crippen molar-refractivity contribution in [3.05, 3.63) is 231 Å². The van der Waals surface area contributed by atoms with E-state index in [0.717, 1.165) is 74.1 Å². The zero-order chi connectivity index (χ0) is 70.5. The van der Waals surface area contributed by atoms with Gasteiger partial charge in [0.15, 0.2) is 23.8 Å². The van der Waals surface area contributed by atoms with Crippen molar-refractivity contribution >= 4 is 63.6 Å². The van der Waals surface area contributed by atoms with Crippen molar-refractivity contribution in [3.63, 3.8) is 0 Å². The number of pyridine rings is 2. The maximum atomic E-state index is 15.7. The smallest absolute Gasteiger partial charge is 0.497 e. The van der Waals surface area contributed by atoms with Crippen LogP contribution in [0.3, 0.4) is 0 Å². The lowest BCUT2D eigenvalue weighted by atomic mass is 10.0. The lowest BCUT2D eigenvalue weighted by molar-refractivity contribution is -0.0510. The zero-order valence-electron chi connectivity index (χ0n) is 49.5. The third kappa shape index (κ3) is 15.9. The van der Waals surface area contributed by atoms with E-state index in [2.05, 4.69) is 19.6 Å². The number of nitriles is 2. The first-order valence-electron chi connectivity index (χ1n) is 27.4. The first kappa shape index (κ1) is 69.9. The number of benzene rings is 7. The molecule has 7 aromatic carbocycles. The Kier molecular flexibility index (Phi) is 20.3.